The fourth-order valence-corrected chi connectivity index (χ4v) is 2.94. The molecule has 1 fully saturated rings. The molecule has 2 heterocycles. The average molecular weight is 327 g/mol. The Kier molecular flexibility index (Phi) is 5.38. The number of carbonyl (C=O) groups excluding carboxylic acids is 1. The van der Waals surface area contributed by atoms with Crippen LogP contribution < -0.4 is 4.74 Å². The molecule has 0 aliphatic carbocycles. The number of amides is 1. The maximum Gasteiger partial charge on any atom is 0.248 e. The van der Waals surface area contributed by atoms with Gasteiger partial charge >= 0.3 is 0 Å². The summed E-state index contributed by atoms with van der Waals surface area (Å²) in [4.78, 5) is 22.7. The van der Waals surface area contributed by atoms with Crippen molar-refractivity contribution in [3.63, 3.8) is 0 Å². The molecule has 2 aromatic rings. The molecule has 6 heteroatoms. The first kappa shape index (κ1) is 16.4. The minimum atomic E-state index is 0.0108. The molecule has 1 aromatic heterocycles. The van der Waals surface area contributed by atoms with E-state index in [0.717, 1.165) is 30.8 Å². The molecule has 0 saturated carbocycles. The van der Waals surface area contributed by atoms with Crippen molar-refractivity contribution in [3.05, 3.63) is 48.4 Å². The largest absolute Gasteiger partial charge is 0.437 e. The normalized spacial score (nSPS) is 17.5. The lowest BCUT2D eigenvalue weighted by Crippen LogP contribution is -2.41. The van der Waals surface area contributed by atoms with Gasteiger partial charge in [-0.1, -0.05) is 18.2 Å². The third-order valence-electron chi connectivity index (χ3n) is 4.08. The molecule has 1 aliphatic rings. The molecule has 1 saturated heterocycles. The van der Waals surface area contributed by atoms with Crippen molar-refractivity contribution in [1.82, 2.24) is 14.9 Å². The van der Waals surface area contributed by atoms with Gasteiger partial charge in [-0.25, -0.2) is 4.98 Å². The van der Waals surface area contributed by atoms with Crippen molar-refractivity contribution in [1.29, 1.82) is 0 Å². The molecule has 0 radical (unpaired) electrons. The van der Waals surface area contributed by atoms with Crippen LogP contribution in [0.3, 0.4) is 0 Å². The van der Waals surface area contributed by atoms with Gasteiger partial charge in [0, 0.05) is 38.5 Å². The quantitative estimate of drug-likeness (QED) is 0.844. The number of methoxy groups -OCH3 is 1. The highest BCUT2D eigenvalue weighted by Gasteiger charge is 2.28. The van der Waals surface area contributed by atoms with Crippen LogP contribution in [0.5, 0.6) is 11.6 Å². The Balaban J connectivity index is 1.77. The van der Waals surface area contributed by atoms with Crippen molar-refractivity contribution >= 4 is 5.91 Å². The lowest BCUT2D eigenvalue weighted by Gasteiger charge is -2.32. The number of benzene rings is 1. The molecule has 0 N–H and O–H groups in total. The van der Waals surface area contributed by atoms with E-state index in [9.17, 15) is 4.79 Å². The summed E-state index contributed by atoms with van der Waals surface area (Å²) in [7, 11) is 1.54. The summed E-state index contributed by atoms with van der Waals surface area (Å²) in [6.45, 7) is 1.49. The maximum absolute atomic E-state index is 12.1. The first-order chi connectivity index (χ1) is 11.8. The Morgan fingerprint density at radius 1 is 1.25 bits per heavy atom. The van der Waals surface area contributed by atoms with Crippen LogP contribution in [0.15, 0.2) is 42.7 Å². The number of hydrogen-bond acceptors (Lipinski definition) is 5. The number of nitrogens with zero attached hydrogens (tertiary/aromatic N) is 3. The fourth-order valence-electron chi connectivity index (χ4n) is 2.94. The lowest BCUT2D eigenvalue weighted by molar-refractivity contribution is -0.136. The second kappa shape index (κ2) is 7.88. The van der Waals surface area contributed by atoms with Gasteiger partial charge in [-0.15, -0.1) is 0 Å². The highest BCUT2D eigenvalue weighted by atomic mass is 16.5. The van der Waals surface area contributed by atoms with E-state index in [-0.39, 0.29) is 18.4 Å². The van der Waals surface area contributed by atoms with Gasteiger partial charge in [-0.3, -0.25) is 9.78 Å². The molecule has 0 bridgehead atoms. The minimum absolute atomic E-state index is 0.0108. The van der Waals surface area contributed by atoms with Crippen LogP contribution in [0.25, 0.3) is 0 Å². The second-order valence-electron chi connectivity index (χ2n) is 5.77. The van der Waals surface area contributed by atoms with Crippen LogP contribution in [0.1, 0.15) is 24.5 Å². The molecule has 1 amide bonds. The minimum Gasteiger partial charge on any atom is -0.437 e. The Labute approximate surface area is 141 Å². The molecule has 1 aromatic carbocycles. The monoisotopic (exact) mass is 327 g/mol. The number of ether oxygens (including phenoxy) is 2. The van der Waals surface area contributed by atoms with Gasteiger partial charge in [-0.05, 0) is 25.0 Å². The van der Waals surface area contributed by atoms with Crippen LogP contribution in [-0.4, -0.2) is 47.6 Å². The van der Waals surface area contributed by atoms with Crippen molar-refractivity contribution < 1.29 is 14.3 Å². The average Bonchev–Trinajstić information content (AvgIpc) is 2.63. The van der Waals surface area contributed by atoms with Gasteiger partial charge in [0.05, 0.1) is 0 Å². The summed E-state index contributed by atoms with van der Waals surface area (Å²) in [6, 6.07) is 9.53. The number of para-hydroxylation sites is 1. The first-order valence-electron chi connectivity index (χ1n) is 8.08. The van der Waals surface area contributed by atoms with E-state index in [4.69, 9.17) is 9.47 Å². The van der Waals surface area contributed by atoms with E-state index in [2.05, 4.69) is 9.97 Å². The number of hydrogen-bond donors (Lipinski definition) is 0. The van der Waals surface area contributed by atoms with Gasteiger partial charge < -0.3 is 14.4 Å². The van der Waals surface area contributed by atoms with Crippen LogP contribution in [0.2, 0.25) is 0 Å². The molecule has 6 nitrogen and oxygen atoms in total. The standard InChI is InChI=1S/C18H21N3O3/c1-23-13-16(22)21-11-5-6-14(12-21)17-18(20-10-9-19-17)24-15-7-3-2-4-8-15/h2-4,7-10,14H,5-6,11-13H2,1H3. The molecule has 126 valence electrons. The van der Waals surface area contributed by atoms with Gasteiger partial charge in [0.15, 0.2) is 0 Å². The lowest BCUT2D eigenvalue weighted by atomic mass is 9.94. The number of likely N-dealkylation sites (tertiary alicyclic amines) is 1. The predicted molar refractivity (Wildman–Crippen MR) is 89.0 cm³/mol. The molecular weight excluding hydrogens is 306 g/mol. The van der Waals surface area contributed by atoms with E-state index in [0.29, 0.717) is 12.4 Å². The number of rotatable bonds is 5. The molecule has 0 spiro atoms. The van der Waals surface area contributed by atoms with E-state index in [1.54, 1.807) is 12.4 Å². The zero-order valence-electron chi connectivity index (χ0n) is 13.7. The SMILES string of the molecule is COCC(=O)N1CCCC(c2nccnc2Oc2ccccc2)C1. The Morgan fingerprint density at radius 3 is 2.83 bits per heavy atom. The number of carbonyl (C=O) groups is 1. The Bertz CT molecular complexity index is 678. The summed E-state index contributed by atoms with van der Waals surface area (Å²) >= 11 is 0. The van der Waals surface area contributed by atoms with Crippen LogP contribution in [-0.2, 0) is 9.53 Å². The molecule has 24 heavy (non-hydrogen) atoms. The van der Waals surface area contributed by atoms with Gasteiger partial charge in [0.25, 0.3) is 0 Å². The van der Waals surface area contributed by atoms with Crippen molar-refractivity contribution in [2.75, 3.05) is 26.8 Å². The van der Waals surface area contributed by atoms with Crippen molar-refractivity contribution in [2.45, 2.75) is 18.8 Å². The van der Waals surface area contributed by atoms with Crippen LogP contribution in [0, 0.1) is 0 Å². The van der Waals surface area contributed by atoms with Crippen LogP contribution in [0.4, 0.5) is 0 Å². The highest BCUT2D eigenvalue weighted by Crippen LogP contribution is 2.32. The van der Waals surface area contributed by atoms with Gasteiger partial charge in [0.2, 0.25) is 11.8 Å². The first-order valence-corrected chi connectivity index (χ1v) is 8.08. The summed E-state index contributed by atoms with van der Waals surface area (Å²) in [5, 5.41) is 0. The Hall–Kier alpha value is -2.47. The fraction of sp³-hybridized carbons (Fsp3) is 0.389. The molecule has 3 rings (SSSR count). The molecule has 1 aliphatic heterocycles. The Morgan fingerprint density at radius 2 is 2.04 bits per heavy atom. The van der Waals surface area contributed by atoms with Crippen molar-refractivity contribution in [3.8, 4) is 11.6 Å². The summed E-state index contributed by atoms with van der Waals surface area (Å²) in [6.07, 6.45) is 5.18. The smallest absolute Gasteiger partial charge is 0.248 e. The molecule has 1 unspecified atom stereocenters. The number of piperidine rings is 1. The summed E-state index contributed by atoms with van der Waals surface area (Å²) in [5.41, 5.74) is 0.802. The zero-order valence-corrected chi connectivity index (χ0v) is 13.7. The van der Waals surface area contributed by atoms with Gasteiger partial charge in [0.1, 0.15) is 18.1 Å². The number of aromatic nitrogens is 2. The third-order valence-corrected chi connectivity index (χ3v) is 4.08. The summed E-state index contributed by atoms with van der Waals surface area (Å²) in [5.74, 6) is 1.36. The topological polar surface area (TPSA) is 64.5 Å². The maximum atomic E-state index is 12.1. The van der Waals surface area contributed by atoms with Crippen molar-refractivity contribution in [2.24, 2.45) is 0 Å². The van der Waals surface area contributed by atoms with E-state index in [1.165, 1.54) is 7.11 Å². The van der Waals surface area contributed by atoms with Crippen LogP contribution >= 0.6 is 0 Å². The molecule has 1 atom stereocenters. The summed E-state index contributed by atoms with van der Waals surface area (Å²) < 4.78 is 10.9. The van der Waals surface area contributed by atoms with E-state index >= 15 is 0 Å². The predicted octanol–water partition coefficient (Wildman–Crippen LogP) is 2.62. The highest BCUT2D eigenvalue weighted by molar-refractivity contribution is 5.77. The van der Waals surface area contributed by atoms with E-state index in [1.807, 2.05) is 35.2 Å². The van der Waals surface area contributed by atoms with Gasteiger partial charge in [-0.2, -0.15) is 0 Å². The molecular formula is C18H21N3O3. The second-order valence-corrected chi connectivity index (χ2v) is 5.77. The zero-order chi connectivity index (χ0) is 16.8. The third kappa shape index (κ3) is 3.89. The van der Waals surface area contributed by atoms with E-state index < -0.39 is 0 Å².